The number of nitrogens with zero attached hydrogens (tertiary/aromatic N) is 3. The van der Waals surface area contributed by atoms with Gasteiger partial charge in [-0.25, -0.2) is 4.98 Å². The summed E-state index contributed by atoms with van der Waals surface area (Å²) in [5.74, 6) is -0.175. The molecule has 8 heteroatoms. The Kier molecular flexibility index (Phi) is 7.71. The largest absolute Gasteiger partial charge is 0.382 e. The van der Waals surface area contributed by atoms with Crippen LogP contribution in [0.5, 0.6) is 0 Å². The van der Waals surface area contributed by atoms with E-state index in [0.717, 1.165) is 35.5 Å². The first-order chi connectivity index (χ1) is 14.1. The molecule has 0 spiro atoms. The average molecular weight is 417 g/mol. The number of carbonyl (C=O) groups is 2. The van der Waals surface area contributed by atoms with Gasteiger partial charge in [0, 0.05) is 50.8 Å². The zero-order valence-electron chi connectivity index (χ0n) is 17.0. The number of thiazole rings is 1. The number of likely N-dealkylation sites (tertiary alicyclic amines) is 1. The minimum atomic E-state index is -0.161. The molecule has 2 aromatic heterocycles. The number of nitrogens with one attached hydrogen (secondary N) is 1. The van der Waals surface area contributed by atoms with Crippen molar-refractivity contribution in [1.29, 1.82) is 0 Å². The molecule has 1 aliphatic rings. The minimum Gasteiger partial charge on any atom is -0.382 e. The SMILES string of the molecule is CCOCCCNC(=O)C1CCCN(C(=O)c2sc(-c3cccnc3)nc2C)C1. The van der Waals surface area contributed by atoms with Crippen LogP contribution in [0.2, 0.25) is 0 Å². The van der Waals surface area contributed by atoms with Gasteiger partial charge in [-0.1, -0.05) is 0 Å². The van der Waals surface area contributed by atoms with E-state index in [9.17, 15) is 9.59 Å². The van der Waals surface area contributed by atoms with Crippen LogP contribution in [0.25, 0.3) is 10.6 Å². The van der Waals surface area contributed by atoms with Crippen LogP contribution >= 0.6 is 11.3 Å². The molecule has 3 heterocycles. The van der Waals surface area contributed by atoms with Crippen molar-refractivity contribution in [1.82, 2.24) is 20.2 Å². The molecule has 7 nitrogen and oxygen atoms in total. The van der Waals surface area contributed by atoms with Gasteiger partial charge < -0.3 is 15.0 Å². The molecular weight excluding hydrogens is 388 g/mol. The van der Waals surface area contributed by atoms with Crippen LogP contribution in [0.1, 0.15) is 41.6 Å². The van der Waals surface area contributed by atoms with Crippen molar-refractivity contribution in [3.63, 3.8) is 0 Å². The van der Waals surface area contributed by atoms with Crippen molar-refractivity contribution >= 4 is 23.2 Å². The van der Waals surface area contributed by atoms with Crippen molar-refractivity contribution in [2.24, 2.45) is 5.92 Å². The number of amides is 2. The molecule has 1 aliphatic heterocycles. The second-order valence-electron chi connectivity index (χ2n) is 7.11. The number of carbonyl (C=O) groups excluding carboxylic acids is 2. The van der Waals surface area contributed by atoms with Gasteiger partial charge in [-0.15, -0.1) is 11.3 Å². The molecule has 0 saturated carbocycles. The Hall–Kier alpha value is -2.32. The summed E-state index contributed by atoms with van der Waals surface area (Å²) in [5, 5.41) is 3.77. The third-order valence-corrected chi connectivity index (χ3v) is 6.14. The molecule has 1 unspecified atom stereocenters. The number of hydrogen-bond acceptors (Lipinski definition) is 6. The van der Waals surface area contributed by atoms with E-state index < -0.39 is 0 Å². The highest BCUT2D eigenvalue weighted by atomic mass is 32.1. The standard InChI is InChI=1S/C21H28N4O3S/c1-3-28-12-6-10-23-19(26)17-8-5-11-25(14-17)21(27)18-15(2)24-20(29-18)16-7-4-9-22-13-16/h4,7,9,13,17H,3,5-6,8,10-12,14H2,1-2H3,(H,23,26). The lowest BCUT2D eigenvalue weighted by Gasteiger charge is -2.31. The first-order valence-corrected chi connectivity index (χ1v) is 10.9. The number of hydrogen-bond donors (Lipinski definition) is 1. The molecule has 2 aromatic rings. The highest BCUT2D eigenvalue weighted by molar-refractivity contribution is 7.17. The van der Waals surface area contributed by atoms with Gasteiger partial charge in [-0.3, -0.25) is 14.6 Å². The molecule has 0 radical (unpaired) electrons. The summed E-state index contributed by atoms with van der Waals surface area (Å²) in [4.78, 5) is 36.7. The Balaban J connectivity index is 1.60. The molecule has 1 fully saturated rings. The fourth-order valence-electron chi connectivity index (χ4n) is 3.40. The summed E-state index contributed by atoms with van der Waals surface area (Å²) in [6.07, 6.45) is 5.90. The van der Waals surface area contributed by atoms with Gasteiger partial charge >= 0.3 is 0 Å². The number of ether oxygens (including phenoxy) is 1. The van der Waals surface area contributed by atoms with Gasteiger partial charge in [0.1, 0.15) is 9.88 Å². The maximum atomic E-state index is 13.1. The Morgan fingerprint density at radius 1 is 1.41 bits per heavy atom. The predicted molar refractivity (Wildman–Crippen MR) is 113 cm³/mol. The van der Waals surface area contributed by atoms with E-state index in [1.807, 2.05) is 26.0 Å². The predicted octanol–water partition coefficient (Wildman–Crippen LogP) is 2.91. The molecular formula is C21H28N4O3S. The number of aromatic nitrogens is 2. The van der Waals surface area contributed by atoms with Crippen molar-refractivity contribution in [3.8, 4) is 10.6 Å². The summed E-state index contributed by atoms with van der Waals surface area (Å²) >= 11 is 1.39. The van der Waals surface area contributed by atoms with Crippen LogP contribution in [0.3, 0.4) is 0 Å². The van der Waals surface area contributed by atoms with Gasteiger partial charge in [0.05, 0.1) is 11.6 Å². The van der Waals surface area contributed by atoms with E-state index in [4.69, 9.17) is 4.74 Å². The Morgan fingerprint density at radius 3 is 3.03 bits per heavy atom. The second-order valence-corrected chi connectivity index (χ2v) is 8.11. The van der Waals surface area contributed by atoms with E-state index in [0.29, 0.717) is 37.7 Å². The fourth-order valence-corrected chi connectivity index (χ4v) is 4.43. The summed E-state index contributed by atoms with van der Waals surface area (Å²) in [5.41, 5.74) is 1.63. The Morgan fingerprint density at radius 2 is 2.28 bits per heavy atom. The highest BCUT2D eigenvalue weighted by Crippen LogP contribution is 2.29. The van der Waals surface area contributed by atoms with Gasteiger partial charge in [-0.2, -0.15) is 0 Å². The zero-order chi connectivity index (χ0) is 20.6. The van der Waals surface area contributed by atoms with Crippen molar-refractivity contribution in [3.05, 3.63) is 35.1 Å². The molecule has 1 atom stereocenters. The number of rotatable bonds is 8. The number of pyridine rings is 1. The maximum Gasteiger partial charge on any atom is 0.265 e. The van der Waals surface area contributed by atoms with E-state index in [-0.39, 0.29) is 17.7 Å². The summed E-state index contributed by atoms with van der Waals surface area (Å²) in [6.45, 7) is 6.88. The quantitative estimate of drug-likeness (QED) is 0.669. The van der Waals surface area contributed by atoms with Crippen molar-refractivity contribution in [2.45, 2.75) is 33.1 Å². The second kappa shape index (κ2) is 10.5. The Bertz CT molecular complexity index is 825. The topological polar surface area (TPSA) is 84.4 Å². The van der Waals surface area contributed by atoms with Gasteiger partial charge in [0.15, 0.2) is 0 Å². The monoisotopic (exact) mass is 416 g/mol. The van der Waals surface area contributed by atoms with Gasteiger partial charge in [0.25, 0.3) is 5.91 Å². The number of piperidine rings is 1. The molecule has 0 bridgehead atoms. The minimum absolute atomic E-state index is 0.0241. The van der Waals surface area contributed by atoms with Crippen LogP contribution in [-0.4, -0.2) is 59.5 Å². The maximum absolute atomic E-state index is 13.1. The lowest BCUT2D eigenvalue weighted by molar-refractivity contribution is -0.126. The third-order valence-electron chi connectivity index (χ3n) is 4.95. The van der Waals surface area contributed by atoms with E-state index in [1.54, 1.807) is 17.3 Å². The molecule has 3 rings (SSSR count). The van der Waals surface area contributed by atoms with Gasteiger partial charge in [0.2, 0.25) is 5.91 Å². The molecule has 156 valence electrons. The lowest BCUT2D eigenvalue weighted by atomic mass is 9.97. The lowest BCUT2D eigenvalue weighted by Crippen LogP contribution is -2.45. The van der Waals surface area contributed by atoms with E-state index in [1.165, 1.54) is 11.3 Å². The molecule has 1 N–H and O–H groups in total. The number of aryl methyl sites for hydroxylation is 1. The molecule has 2 amide bonds. The van der Waals surface area contributed by atoms with Crippen LogP contribution in [-0.2, 0) is 9.53 Å². The average Bonchev–Trinajstić information content (AvgIpc) is 3.15. The highest BCUT2D eigenvalue weighted by Gasteiger charge is 2.30. The fraction of sp³-hybridized carbons (Fsp3) is 0.524. The van der Waals surface area contributed by atoms with Crippen molar-refractivity contribution in [2.75, 3.05) is 32.8 Å². The third kappa shape index (κ3) is 5.61. The molecule has 0 aromatic carbocycles. The molecule has 29 heavy (non-hydrogen) atoms. The first-order valence-electron chi connectivity index (χ1n) is 10.1. The normalized spacial score (nSPS) is 16.6. The van der Waals surface area contributed by atoms with Crippen LogP contribution in [0.15, 0.2) is 24.5 Å². The molecule has 0 aliphatic carbocycles. The zero-order valence-corrected chi connectivity index (χ0v) is 17.8. The Labute approximate surface area is 175 Å². The smallest absolute Gasteiger partial charge is 0.265 e. The molecule has 1 saturated heterocycles. The van der Waals surface area contributed by atoms with Crippen LogP contribution < -0.4 is 5.32 Å². The van der Waals surface area contributed by atoms with Crippen LogP contribution in [0.4, 0.5) is 0 Å². The van der Waals surface area contributed by atoms with E-state index in [2.05, 4.69) is 15.3 Å². The summed E-state index contributed by atoms with van der Waals surface area (Å²) in [7, 11) is 0. The summed E-state index contributed by atoms with van der Waals surface area (Å²) < 4.78 is 5.29. The van der Waals surface area contributed by atoms with Gasteiger partial charge in [-0.05, 0) is 45.2 Å². The van der Waals surface area contributed by atoms with E-state index >= 15 is 0 Å². The van der Waals surface area contributed by atoms with Crippen molar-refractivity contribution < 1.29 is 14.3 Å². The van der Waals surface area contributed by atoms with Crippen LogP contribution in [0, 0.1) is 12.8 Å². The first kappa shape index (κ1) is 21.4. The summed E-state index contributed by atoms with van der Waals surface area (Å²) in [6, 6.07) is 3.79.